The molecule has 136 valence electrons. The number of hydrogen-bond donors (Lipinski definition) is 1. The molecular weight excluding hydrogens is 366 g/mol. The van der Waals surface area contributed by atoms with E-state index >= 15 is 0 Å². The predicted molar refractivity (Wildman–Crippen MR) is 100 cm³/mol. The zero-order chi connectivity index (χ0) is 19.4. The van der Waals surface area contributed by atoms with Crippen molar-refractivity contribution in [3.8, 4) is 0 Å². The van der Waals surface area contributed by atoms with Crippen LogP contribution in [0.5, 0.6) is 0 Å². The summed E-state index contributed by atoms with van der Waals surface area (Å²) in [5.74, 6) is -2.00. The number of sulfonamides is 1. The summed E-state index contributed by atoms with van der Waals surface area (Å²) in [6, 6.07) is 20.7. The SMILES string of the molecule is O=C(O)c1cccc(N(C(=O)c2ccccc2)S(=O)(=O)c2ccccc2)c1. The topological polar surface area (TPSA) is 91.8 Å². The number of rotatable bonds is 5. The second-order valence-electron chi connectivity index (χ2n) is 5.61. The van der Waals surface area contributed by atoms with Gasteiger partial charge in [0.25, 0.3) is 15.9 Å². The van der Waals surface area contributed by atoms with Crippen LogP contribution < -0.4 is 4.31 Å². The van der Waals surface area contributed by atoms with E-state index in [1.807, 2.05) is 0 Å². The zero-order valence-corrected chi connectivity index (χ0v) is 14.8. The molecule has 0 aliphatic heterocycles. The van der Waals surface area contributed by atoms with Crippen LogP contribution in [0.4, 0.5) is 5.69 Å². The fourth-order valence-electron chi connectivity index (χ4n) is 2.53. The lowest BCUT2D eigenvalue weighted by Gasteiger charge is -2.23. The number of carbonyl (C=O) groups excluding carboxylic acids is 1. The van der Waals surface area contributed by atoms with Gasteiger partial charge in [0.1, 0.15) is 0 Å². The average molecular weight is 381 g/mol. The highest BCUT2D eigenvalue weighted by Gasteiger charge is 2.32. The monoisotopic (exact) mass is 381 g/mol. The lowest BCUT2D eigenvalue weighted by Crippen LogP contribution is -2.37. The summed E-state index contributed by atoms with van der Waals surface area (Å²) in [6.07, 6.45) is 0. The van der Waals surface area contributed by atoms with Crippen molar-refractivity contribution in [3.63, 3.8) is 0 Å². The molecule has 3 aromatic carbocycles. The number of anilines is 1. The number of amides is 1. The van der Waals surface area contributed by atoms with Gasteiger partial charge in [0.15, 0.2) is 0 Å². The zero-order valence-electron chi connectivity index (χ0n) is 14.0. The fourth-order valence-corrected chi connectivity index (χ4v) is 3.95. The highest BCUT2D eigenvalue weighted by atomic mass is 32.2. The van der Waals surface area contributed by atoms with Crippen molar-refractivity contribution in [2.45, 2.75) is 4.90 Å². The number of benzene rings is 3. The van der Waals surface area contributed by atoms with Gasteiger partial charge in [-0.2, -0.15) is 4.31 Å². The molecule has 0 radical (unpaired) electrons. The van der Waals surface area contributed by atoms with Crippen LogP contribution in [0.15, 0.2) is 89.8 Å². The van der Waals surface area contributed by atoms with E-state index in [2.05, 4.69) is 0 Å². The third kappa shape index (κ3) is 3.73. The molecule has 0 spiro atoms. The van der Waals surface area contributed by atoms with E-state index in [1.54, 1.807) is 36.4 Å². The quantitative estimate of drug-likeness (QED) is 0.731. The van der Waals surface area contributed by atoms with E-state index in [1.165, 1.54) is 42.5 Å². The Morgan fingerprint density at radius 3 is 1.89 bits per heavy atom. The van der Waals surface area contributed by atoms with Crippen molar-refractivity contribution in [1.29, 1.82) is 0 Å². The van der Waals surface area contributed by atoms with E-state index < -0.39 is 21.9 Å². The predicted octanol–water partition coefficient (Wildman–Crippen LogP) is 3.42. The Morgan fingerprint density at radius 1 is 0.741 bits per heavy atom. The first-order valence-corrected chi connectivity index (χ1v) is 9.38. The van der Waals surface area contributed by atoms with Gasteiger partial charge in [0, 0.05) is 5.56 Å². The molecular formula is C20H15NO5S. The van der Waals surface area contributed by atoms with Crippen LogP contribution >= 0.6 is 0 Å². The summed E-state index contributed by atoms with van der Waals surface area (Å²) in [5, 5.41) is 9.21. The maximum atomic E-state index is 13.2. The number of carboxylic acids is 1. The summed E-state index contributed by atoms with van der Waals surface area (Å²) >= 11 is 0. The van der Waals surface area contributed by atoms with Gasteiger partial charge in [-0.1, -0.05) is 42.5 Å². The molecule has 0 fully saturated rings. The molecule has 0 aliphatic carbocycles. The first-order chi connectivity index (χ1) is 12.9. The van der Waals surface area contributed by atoms with Gasteiger partial charge in [-0.25, -0.2) is 13.2 Å². The average Bonchev–Trinajstić information content (AvgIpc) is 2.69. The van der Waals surface area contributed by atoms with Crippen molar-refractivity contribution < 1.29 is 23.1 Å². The lowest BCUT2D eigenvalue weighted by molar-refractivity contribution is 0.0696. The van der Waals surface area contributed by atoms with Crippen LogP contribution in [0, 0.1) is 0 Å². The molecule has 0 bridgehead atoms. The molecule has 0 aromatic heterocycles. The lowest BCUT2D eigenvalue weighted by atomic mass is 10.2. The summed E-state index contributed by atoms with van der Waals surface area (Å²) in [7, 11) is -4.25. The third-order valence-corrected chi connectivity index (χ3v) is 5.54. The van der Waals surface area contributed by atoms with E-state index in [0.717, 1.165) is 6.07 Å². The molecule has 1 N–H and O–H groups in total. The maximum absolute atomic E-state index is 13.2. The van der Waals surface area contributed by atoms with Crippen LogP contribution in [0.3, 0.4) is 0 Å². The molecule has 0 aliphatic rings. The van der Waals surface area contributed by atoms with Crippen molar-refractivity contribution in [2.24, 2.45) is 0 Å². The Bertz CT molecular complexity index is 1080. The number of carbonyl (C=O) groups is 2. The number of aromatic carboxylic acids is 1. The first kappa shape index (κ1) is 18.3. The number of nitrogens with zero attached hydrogens (tertiary/aromatic N) is 1. The minimum atomic E-state index is -4.25. The largest absolute Gasteiger partial charge is 0.478 e. The van der Waals surface area contributed by atoms with Gasteiger partial charge in [0.2, 0.25) is 0 Å². The van der Waals surface area contributed by atoms with Gasteiger partial charge in [-0.3, -0.25) is 4.79 Å². The van der Waals surface area contributed by atoms with Crippen LogP contribution in [0.1, 0.15) is 20.7 Å². The minimum Gasteiger partial charge on any atom is -0.478 e. The summed E-state index contributed by atoms with van der Waals surface area (Å²) in [6.45, 7) is 0. The van der Waals surface area contributed by atoms with Crippen molar-refractivity contribution >= 4 is 27.6 Å². The van der Waals surface area contributed by atoms with Gasteiger partial charge < -0.3 is 5.11 Å². The van der Waals surface area contributed by atoms with Gasteiger partial charge in [-0.05, 0) is 42.5 Å². The van der Waals surface area contributed by atoms with Crippen LogP contribution in [0.25, 0.3) is 0 Å². The molecule has 3 rings (SSSR count). The molecule has 27 heavy (non-hydrogen) atoms. The molecule has 0 heterocycles. The second kappa shape index (κ2) is 7.43. The van der Waals surface area contributed by atoms with E-state index in [4.69, 9.17) is 0 Å². The Hall–Kier alpha value is -3.45. The Balaban J connectivity index is 2.20. The second-order valence-corrected chi connectivity index (χ2v) is 7.40. The highest BCUT2D eigenvalue weighted by molar-refractivity contribution is 7.93. The van der Waals surface area contributed by atoms with Crippen molar-refractivity contribution in [3.05, 3.63) is 96.1 Å². The Labute approximate surface area is 156 Å². The number of hydrogen-bond acceptors (Lipinski definition) is 4. The summed E-state index contributed by atoms with van der Waals surface area (Å²) in [4.78, 5) is 24.3. The normalized spacial score (nSPS) is 11.0. The molecule has 0 atom stereocenters. The van der Waals surface area contributed by atoms with Crippen LogP contribution in [0.2, 0.25) is 0 Å². The molecule has 0 saturated heterocycles. The van der Waals surface area contributed by atoms with Crippen molar-refractivity contribution in [1.82, 2.24) is 0 Å². The maximum Gasteiger partial charge on any atom is 0.335 e. The summed E-state index contributed by atoms with van der Waals surface area (Å²) in [5.41, 5.74) is -0.00744. The Kier molecular flexibility index (Phi) is 5.05. The molecule has 1 amide bonds. The highest BCUT2D eigenvalue weighted by Crippen LogP contribution is 2.27. The molecule has 3 aromatic rings. The van der Waals surface area contributed by atoms with E-state index in [-0.39, 0.29) is 21.7 Å². The third-order valence-electron chi connectivity index (χ3n) is 3.81. The van der Waals surface area contributed by atoms with Crippen LogP contribution in [-0.4, -0.2) is 25.4 Å². The number of carboxylic acid groups (broad SMARTS) is 1. The van der Waals surface area contributed by atoms with E-state index in [9.17, 15) is 23.1 Å². The molecule has 0 unspecified atom stereocenters. The standard InChI is InChI=1S/C20H15NO5S/c22-19(15-8-3-1-4-9-15)21(17-11-7-10-16(14-17)20(23)24)27(25,26)18-12-5-2-6-13-18/h1-14H,(H,23,24). The minimum absolute atomic E-state index is 0.0485. The van der Waals surface area contributed by atoms with Gasteiger partial charge in [-0.15, -0.1) is 0 Å². The smallest absolute Gasteiger partial charge is 0.335 e. The first-order valence-electron chi connectivity index (χ1n) is 7.94. The molecule has 7 heteroatoms. The van der Waals surface area contributed by atoms with Gasteiger partial charge >= 0.3 is 5.97 Å². The van der Waals surface area contributed by atoms with E-state index in [0.29, 0.717) is 4.31 Å². The molecule has 0 saturated carbocycles. The van der Waals surface area contributed by atoms with Crippen LogP contribution in [-0.2, 0) is 10.0 Å². The summed E-state index contributed by atoms with van der Waals surface area (Å²) < 4.78 is 27.0. The fraction of sp³-hybridized carbons (Fsp3) is 0. The van der Waals surface area contributed by atoms with Gasteiger partial charge in [0.05, 0.1) is 16.1 Å². The van der Waals surface area contributed by atoms with Crippen molar-refractivity contribution in [2.75, 3.05) is 4.31 Å². The molecule has 6 nitrogen and oxygen atoms in total. The Morgan fingerprint density at radius 2 is 1.30 bits per heavy atom.